The highest BCUT2D eigenvalue weighted by Crippen LogP contribution is 2.31. The van der Waals surface area contributed by atoms with Gasteiger partial charge >= 0.3 is 0 Å². The number of benzene rings is 1. The molecule has 0 aliphatic carbocycles. The van der Waals surface area contributed by atoms with E-state index in [4.69, 9.17) is 0 Å². The number of likely N-dealkylation sites (tertiary alicyclic amines) is 1. The molecule has 0 bridgehead atoms. The van der Waals surface area contributed by atoms with Gasteiger partial charge in [0, 0.05) is 31.7 Å². The van der Waals surface area contributed by atoms with E-state index in [9.17, 15) is 9.59 Å². The summed E-state index contributed by atoms with van der Waals surface area (Å²) in [5.74, 6) is 1.12. The molecule has 2 heterocycles. The van der Waals surface area contributed by atoms with Gasteiger partial charge < -0.3 is 9.80 Å². The molecule has 0 saturated carbocycles. The quantitative estimate of drug-likeness (QED) is 0.837. The number of hydrogen-bond acceptors (Lipinski definition) is 2. The highest BCUT2D eigenvalue weighted by molar-refractivity contribution is 6.00. The first kappa shape index (κ1) is 17.0. The molecule has 0 aromatic heterocycles. The van der Waals surface area contributed by atoms with Gasteiger partial charge in [0.15, 0.2) is 0 Å². The van der Waals surface area contributed by atoms with Crippen molar-refractivity contribution in [2.75, 3.05) is 24.5 Å². The number of aryl methyl sites for hydroxylation is 2. The van der Waals surface area contributed by atoms with Crippen LogP contribution in [0.25, 0.3) is 0 Å². The molecular formula is C20H28N2O2. The van der Waals surface area contributed by atoms with Crippen molar-refractivity contribution in [2.24, 2.45) is 17.8 Å². The van der Waals surface area contributed by atoms with Gasteiger partial charge in [0.2, 0.25) is 11.8 Å². The second kappa shape index (κ2) is 6.58. The molecular weight excluding hydrogens is 300 g/mol. The maximum atomic E-state index is 12.9. The Morgan fingerprint density at radius 3 is 2.38 bits per heavy atom. The molecule has 130 valence electrons. The minimum atomic E-state index is -0.198. The lowest BCUT2D eigenvalue weighted by atomic mass is 9.91. The molecule has 0 unspecified atom stereocenters. The largest absolute Gasteiger partial charge is 0.342 e. The summed E-state index contributed by atoms with van der Waals surface area (Å²) in [5, 5.41) is 0. The first-order valence-corrected chi connectivity index (χ1v) is 9.01. The summed E-state index contributed by atoms with van der Waals surface area (Å²) >= 11 is 0. The number of carbonyl (C=O) groups excluding carboxylic acids is 2. The fourth-order valence-corrected chi connectivity index (χ4v) is 4.32. The van der Waals surface area contributed by atoms with Crippen molar-refractivity contribution in [3.8, 4) is 0 Å². The van der Waals surface area contributed by atoms with Gasteiger partial charge in [-0.2, -0.15) is 0 Å². The summed E-state index contributed by atoms with van der Waals surface area (Å²) < 4.78 is 0. The van der Waals surface area contributed by atoms with E-state index >= 15 is 0 Å². The summed E-state index contributed by atoms with van der Waals surface area (Å²) in [6.45, 7) is 10.7. The molecule has 24 heavy (non-hydrogen) atoms. The van der Waals surface area contributed by atoms with E-state index in [-0.39, 0.29) is 17.7 Å². The summed E-state index contributed by atoms with van der Waals surface area (Å²) in [5.41, 5.74) is 3.23. The Kier molecular flexibility index (Phi) is 4.66. The van der Waals surface area contributed by atoms with Crippen LogP contribution >= 0.6 is 0 Å². The first-order valence-electron chi connectivity index (χ1n) is 9.01. The molecule has 0 N–H and O–H groups in total. The maximum Gasteiger partial charge on any atom is 0.228 e. The lowest BCUT2D eigenvalue weighted by Gasteiger charge is -2.36. The highest BCUT2D eigenvalue weighted by Gasteiger charge is 2.39. The van der Waals surface area contributed by atoms with Crippen molar-refractivity contribution < 1.29 is 9.59 Å². The lowest BCUT2D eigenvalue weighted by Crippen LogP contribution is -2.45. The predicted octanol–water partition coefficient (Wildman–Crippen LogP) is 3.16. The minimum absolute atomic E-state index is 0.0680. The van der Waals surface area contributed by atoms with E-state index < -0.39 is 0 Å². The van der Waals surface area contributed by atoms with Gasteiger partial charge in [-0.1, -0.05) is 31.5 Å². The third kappa shape index (κ3) is 3.33. The van der Waals surface area contributed by atoms with Gasteiger partial charge in [-0.05, 0) is 43.7 Å². The monoisotopic (exact) mass is 328 g/mol. The topological polar surface area (TPSA) is 40.6 Å². The second-order valence-corrected chi connectivity index (χ2v) is 7.88. The summed E-state index contributed by atoms with van der Waals surface area (Å²) in [4.78, 5) is 29.2. The molecule has 3 atom stereocenters. The zero-order chi connectivity index (χ0) is 17.4. The average molecular weight is 328 g/mol. The normalized spacial score (nSPS) is 27.7. The molecule has 1 aromatic rings. The Balaban J connectivity index is 1.73. The van der Waals surface area contributed by atoms with E-state index in [1.165, 1.54) is 12.0 Å². The number of carbonyl (C=O) groups is 2. The summed E-state index contributed by atoms with van der Waals surface area (Å²) in [6, 6.07) is 6.12. The van der Waals surface area contributed by atoms with E-state index in [0.29, 0.717) is 24.8 Å². The van der Waals surface area contributed by atoms with Gasteiger partial charge in [-0.15, -0.1) is 0 Å². The summed E-state index contributed by atoms with van der Waals surface area (Å²) in [6.07, 6.45) is 1.52. The second-order valence-electron chi connectivity index (χ2n) is 7.88. The van der Waals surface area contributed by atoms with E-state index in [2.05, 4.69) is 19.9 Å². The average Bonchev–Trinajstić information content (AvgIpc) is 2.87. The van der Waals surface area contributed by atoms with Gasteiger partial charge in [0.05, 0.1) is 5.92 Å². The van der Waals surface area contributed by atoms with Crippen molar-refractivity contribution in [2.45, 2.75) is 40.5 Å². The van der Waals surface area contributed by atoms with Crippen molar-refractivity contribution in [3.05, 3.63) is 29.3 Å². The third-order valence-corrected chi connectivity index (χ3v) is 5.30. The van der Waals surface area contributed by atoms with Gasteiger partial charge in [0.25, 0.3) is 0 Å². The third-order valence-electron chi connectivity index (χ3n) is 5.30. The standard InChI is InChI=1S/C20H28N2O2/c1-13-5-6-18(16(4)8-13)22-12-17(9-19(22)23)20(24)21-10-14(2)7-15(3)11-21/h5-6,8,14-15,17H,7,9-12H2,1-4H3/t14-,15+,17-/m1/s1. The van der Waals surface area contributed by atoms with E-state index in [0.717, 1.165) is 24.3 Å². The van der Waals surface area contributed by atoms with Crippen LogP contribution in [0.1, 0.15) is 37.8 Å². The molecule has 2 aliphatic rings. The Hall–Kier alpha value is -1.84. The smallest absolute Gasteiger partial charge is 0.228 e. The van der Waals surface area contributed by atoms with Crippen LogP contribution in [-0.2, 0) is 9.59 Å². The molecule has 2 aliphatic heterocycles. The number of rotatable bonds is 2. The van der Waals surface area contributed by atoms with Crippen LogP contribution < -0.4 is 4.90 Å². The van der Waals surface area contributed by atoms with Crippen LogP contribution in [0.5, 0.6) is 0 Å². The molecule has 3 rings (SSSR count). The molecule has 4 heteroatoms. The van der Waals surface area contributed by atoms with Crippen LogP contribution in [0.3, 0.4) is 0 Å². The zero-order valence-electron chi connectivity index (χ0n) is 15.2. The van der Waals surface area contributed by atoms with Crippen LogP contribution in [0.15, 0.2) is 18.2 Å². The molecule has 2 saturated heterocycles. The fraction of sp³-hybridized carbons (Fsp3) is 0.600. The van der Waals surface area contributed by atoms with E-state index in [1.54, 1.807) is 4.90 Å². The number of anilines is 1. The lowest BCUT2D eigenvalue weighted by molar-refractivity contribution is -0.138. The van der Waals surface area contributed by atoms with Gasteiger partial charge in [0.1, 0.15) is 0 Å². The Labute approximate surface area is 144 Å². The molecule has 0 radical (unpaired) electrons. The van der Waals surface area contributed by atoms with Gasteiger partial charge in [-0.3, -0.25) is 9.59 Å². The first-order chi connectivity index (χ1) is 11.3. The predicted molar refractivity (Wildman–Crippen MR) is 95.9 cm³/mol. The van der Waals surface area contributed by atoms with Crippen molar-refractivity contribution in [1.29, 1.82) is 0 Å². The van der Waals surface area contributed by atoms with Crippen LogP contribution in [0.2, 0.25) is 0 Å². The van der Waals surface area contributed by atoms with Crippen molar-refractivity contribution >= 4 is 17.5 Å². The Morgan fingerprint density at radius 1 is 1.08 bits per heavy atom. The minimum Gasteiger partial charge on any atom is -0.342 e. The molecule has 2 fully saturated rings. The number of hydrogen-bond donors (Lipinski definition) is 0. The molecule has 0 spiro atoms. The Morgan fingerprint density at radius 2 is 1.75 bits per heavy atom. The van der Waals surface area contributed by atoms with Gasteiger partial charge in [-0.25, -0.2) is 0 Å². The van der Waals surface area contributed by atoms with Crippen LogP contribution in [0.4, 0.5) is 5.69 Å². The van der Waals surface area contributed by atoms with Crippen LogP contribution in [0, 0.1) is 31.6 Å². The number of amides is 2. The molecule has 4 nitrogen and oxygen atoms in total. The van der Waals surface area contributed by atoms with Crippen LogP contribution in [-0.4, -0.2) is 36.3 Å². The Bertz CT molecular complexity index is 645. The van der Waals surface area contributed by atoms with E-state index in [1.807, 2.05) is 30.9 Å². The molecule has 1 aromatic carbocycles. The van der Waals surface area contributed by atoms with Crippen molar-refractivity contribution in [3.63, 3.8) is 0 Å². The number of nitrogens with zero attached hydrogens (tertiary/aromatic N) is 2. The fourth-order valence-electron chi connectivity index (χ4n) is 4.32. The zero-order valence-corrected chi connectivity index (χ0v) is 15.2. The van der Waals surface area contributed by atoms with Crippen molar-refractivity contribution in [1.82, 2.24) is 4.90 Å². The summed E-state index contributed by atoms with van der Waals surface area (Å²) in [7, 11) is 0. The maximum absolute atomic E-state index is 12.9. The SMILES string of the molecule is Cc1ccc(N2C[C@H](C(=O)N3C[C@H](C)C[C@H](C)C3)CC2=O)c(C)c1. The number of piperidine rings is 1. The molecule has 2 amide bonds. The highest BCUT2D eigenvalue weighted by atomic mass is 16.2.